The Balaban J connectivity index is 1.84. The van der Waals surface area contributed by atoms with E-state index in [-0.39, 0.29) is 12.2 Å². The first-order valence-corrected chi connectivity index (χ1v) is 10.9. The summed E-state index contributed by atoms with van der Waals surface area (Å²) in [6.07, 6.45) is 0. The van der Waals surface area contributed by atoms with Gasteiger partial charge in [0.1, 0.15) is 17.1 Å². The second kappa shape index (κ2) is 9.27. The zero-order chi connectivity index (χ0) is 21.8. The van der Waals surface area contributed by atoms with Crippen molar-refractivity contribution < 1.29 is 23.9 Å². The zero-order valence-corrected chi connectivity index (χ0v) is 18.3. The fraction of sp³-hybridized carbons (Fsp3) is 0.238. The van der Waals surface area contributed by atoms with Gasteiger partial charge in [0, 0.05) is 10.9 Å². The van der Waals surface area contributed by atoms with E-state index in [1.807, 2.05) is 30.3 Å². The van der Waals surface area contributed by atoms with Gasteiger partial charge in [0.15, 0.2) is 0 Å². The molecule has 2 aromatic rings. The number of anilines is 1. The van der Waals surface area contributed by atoms with E-state index in [1.54, 1.807) is 26.2 Å². The summed E-state index contributed by atoms with van der Waals surface area (Å²) in [5.74, 6) is -1.61. The van der Waals surface area contributed by atoms with Crippen LogP contribution in [0.25, 0.3) is 11.1 Å². The molecule has 1 aromatic heterocycles. The lowest BCUT2D eigenvalue weighted by Gasteiger charge is -2.13. The van der Waals surface area contributed by atoms with Crippen molar-refractivity contribution in [2.75, 3.05) is 18.5 Å². The highest BCUT2D eigenvalue weighted by Gasteiger charge is 2.37. The lowest BCUT2D eigenvalue weighted by molar-refractivity contribution is -0.127. The van der Waals surface area contributed by atoms with E-state index in [9.17, 15) is 19.2 Å². The van der Waals surface area contributed by atoms with Crippen molar-refractivity contribution in [1.82, 2.24) is 4.90 Å². The average molecular weight is 445 g/mol. The second-order valence-electron chi connectivity index (χ2n) is 6.58. The standard InChI is InChI=1S/C21H20N2O5S2/c1-4-28-20(26)16-14(13-8-6-5-7-9-13)11-29-18(16)22-15(24)10-23-19(25)17(12(2)3)30-21(23)27/h5-9,11H,4,10H2,1-3H3,(H,22,24). The molecule has 0 radical (unpaired) electrons. The lowest BCUT2D eigenvalue weighted by Crippen LogP contribution is -2.36. The Labute approximate surface area is 182 Å². The molecule has 1 fully saturated rings. The Morgan fingerprint density at radius 1 is 1.13 bits per heavy atom. The van der Waals surface area contributed by atoms with Gasteiger partial charge in [-0.3, -0.25) is 19.3 Å². The molecule has 156 valence electrons. The van der Waals surface area contributed by atoms with Gasteiger partial charge in [-0.25, -0.2) is 4.79 Å². The number of benzene rings is 1. The van der Waals surface area contributed by atoms with Crippen LogP contribution in [0.5, 0.6) is 0 Å². The molecule has 1 aromatic carbocycles. The summed E-state index contributed by atoms with van der Waals surface area (Å²) < 4.78 is 5.17. The molecule has 0 bridgehead atoms. The third-order valence-corrected chi connectivity index (χ3v) is 6.29. The van der Waals surface area contributed by atoms with Crippen LogP contribution in [-0.2, 0) is 14.3 Å². The molecular weight excluding hydrogens is 424 g/mol. The van der Waals surface area contributed by atoms with Crippen LogP contribution < -0.4 is 5.32 Å². The van der Waals surface area contributed by atoms with Crippen LogP contribution in [0.3, 0.4) is 0 Å². The van der Waals surface area contributed by atoms with E-state index in [1.165, 1.54) is 11.3 Å². The minimum absolute atomic E-state index is 0.190. The third kappa shape index (κ3) is 4.47. The summed E-state index contributed by atoms with van der Waals surface area (Å²) in [5, 5.41) is 4.24. The number of hydrogen-bond donors (Lipinski definition) is 1. The van der Waals surface area contributed by atoms with E-state index >= 15 is 0 Å². The molecule has 1 N–H and O–H groups in total. The van der Waals surface area contributed by atoms with Gasteiger partial charge in [0.2, 0.25) is 5.91 Å². The van der Waals surface area contributed by atoms with Crippen LogP contribution in [0.2, 0.25) is 0 Å². The van der Waals surface area contributed by atoms with E-state index < -0.39 is 29.6 Å². The predicted molar refractivity (Wildman–Crippen MR) is 117 cm³/mol. The Hall–Kier alpha value is -2.91. The molecule has 3 amide bonds. The van der Waals surface area contributed by atoms with Crippen LogP contribution in [0.1, 0.15) is 31.1 Å². The van der Waals surface area contributed by atoms with Gasteiger partial charge in [-0.1, -0.05) is 35.9 Å². The van der Waals surface area contributed by atoms with E-state index in [4.69, 9.17) is 4.74 Å². The Kier molecular flexibility index (Phi) is 6.73. The molecule has 7 nitrogen and oxygen atoms in total. The first-order chi connectivity index (χ1) is 14.3. The molecule has 9 heteroatoms. The molecule has 1 aliphatic heterocycles. The van der Waals surface area contributed by atoms with Crippen LogP contribution >= 0.6 is 23.1 Å². The highest BCUT2D eigenvalue weighted by Crippen LogP contribution is 2.37. The summed E-state index contributed by atoms with van der Waals surface area (Å²) in [6.45, 7) is 4.94. The maximum absolute atomic E-state index is 12.6. The summed E-state index contributed by atoms with van der Waals surface area (Å²) in [5.41, 5.74) is 2.42. The SMILES string of the molecule is CCOC(=O)c1c(-c2ccccc2)csc1NC(=O)CN1C(=O)SC(=C(C)C)C1=O. The summed E-state index contributed by atoms with van der Waals surface area (Å²) in [4.78, 5) is 50.9. The number of esters is 1. The topological polar surface area (TPSA) is 92.8 Å². The monoisotopic (exact) mass is 444 g/mol. The maximum Gasteiger partial charge on any atom is 0.341 e. The quantitative estimate of drug-likeness (QED) is 0.520. The number of nitrogens with one attached hydrogen (secondary N) is 1. The maximum atomic E-state index is 12.6. The minimum atomic E-state index is -0.570. The molecular formula is C21H20N2O5S2. The fourth-order valence-electron chi connectivity index (χ4n) is 2.84. The molecule has 0 aliphatic carbocycles. The fourth-order valence-corrected chi connectivity index (χ4v) is 4.65. The van der Waals surface area contributed by atoms with Crippen molar-refractivity contribution in [1.29, 1.82) is 0 Å². The molecule has 1 aliphatic rings. The Morgan fingerprint density at radius 2 is 1.83 bits per heavy atom. The number of amides is 3. The number of carbonyl (C=O) groups is 4. The molecule has 2 heterocycles. The number of thiophene rings is 1. The highest BCUT2D eigenvalue weighted by atomic mass is 32.2. The molecule has 0 spiro atoms. The summed E-state index contributed by atoms with van der Waals surface area (Å²) in [7, 11) is 0. The first-order valence-electron chi connectivity index (χ1n) is 9.18. The van der Waals surface area contributed by atoms with Crippen LogP contribution in [0.15, 0.2) is 46.2 Å². The number of thioether (sulfide) groups is 1. The van der Waals surface area contributed by atoms with Crippen molar-refractivity contribution in [2.45, 2.75) is 20.8 Å². The second-order valence-corrected chi connectivity index (χ2v) is 8.42. The first kappa shape index (κ1) is 21.8. The number of carbonyl (C=O) groups excluding carboxylic acids is 4. The molecule has 0 unspecified atom stereocenters. The molecule has 0 atom stereocenters. The van der Waals surface area contributed by atoms with Gasteiger partial charge in [0.25, 0.3) is 11.1 Å². The van der Waals surface area contributed by atoms with E-state index in [2.05, 4.69) is 5.32 Å². The van der Waals surface area contributed by atoms with E-state index in [0.717, 1.165) is 27.8 Å². The van der Waals surface area contributed by atoms with Crippen molar-refractivity contribution >= 4 is 51.1 Å². The van der Waals surface area contributed by atoms with Gasteiger partial charge in [0.05, 0.1) is 11.5 Å². The highest BCUT2D eigenvalue weighted by molar-refractivity contribution is 8.18. The van der Waals surface area contributed by atoms with Crippen LogP contribution in [0, 0.1) is 0 Å². The van der Waals surface area contributed by atoms with Crippen molar-refractivity contribution in [3.63, 3.8) is 0 Å². The van der Waals surface area contributed by atoms with E-state index in [0.29, 0.717) is 15.5 Å². The summed E-state index contributed by atoms with van der Waals surface area (Å²) >= 11 is 2.00. The largest absolute Gasteiger partial charge is 0.462 e. The van der Waals surface area contributed by atoms with Crippen molar-refractivity contribution in [3.8, 4) is 11.1 Å². The number of hydrogen-bond acceptors (Lipinski definition) is 7. The van der Waals surface area contributed by atoms with Crippen molar-refractivity contribution in [3.05, 3.63) is 51.8 Å². The molecule has 3 rings (SSSR count). The zero-order valence-electron chi connectivity index (χ0n) is 16.7. The number of allylic oxidation sites excluding steroid dienone is 1. The number of rotatable bonds is 6. The summed E-state index contributed by atoms with van der Waals surface area (Å²) in [6, 6.07) is 9.28. The number of imide groups is 1. The molecule has 0 saturated carbocycles. The van der Waals surface area contributed by atoms with Gasteiger partial charge in [-0.2, -0.15) is 0 Å². The van der Waals surface area contributed by atoms with Gasteiger partial charge < -0.3 is 10.1 Å². The van der Waals surface area contributed by atoms with Crippen LogP contribution in [0.4, 0.5) is 9.80 Å². The van der Waals surface area contributed by atoms with Gasteiger partial charge in [-0.15, -0.1) is 11.3 Å². The Morgan fingerprint density at radius 3 is 2.43 bits per heavy atom. The normalized spacial score (nSPS) is 13.6. The van der Waals surface area contributed by atoms with Crippen molar-refractivity contribution in [2.24, 2.45) is 0 Å². The number of ether oxygens (including phenoxy) is 1. The van der Waals surface area contributed by atoms with Crippen LogP contribution in [-0.4, -0.2) is 41.1 Å². The molecule has 1 saturated heterocycles. The Bertz CT molecular complexity index is 1040. The average Bonchev–Trinajstić information content (AvgIpc) is 3.25. The van der Waals surface area contributed by atoms with Gasteiger partial charge >= 0.3 is 5.97 Å². The number of nitrogens with zero attached hydrogens (tertiary/aromatic N) is 1. The minimum Gasteiger partial charge on any atom is -0.462 e. The van der Waals surface area contributed by atoms with Gasteiger partial charge in [-0.05, 0) is 38.1 Å². The smallest absolute Gasteiger partial charge is 0.341 e. The lowest BCUT2D eigenvalue weighted by atomic mass is 10.0. The predicted octanol–water partition coefficient (Wildman–Crippen LogP) is 4.52. The third-order valence-electron chi connectivity index (χ3n) is 4.21. The molecule has 30 heavy (non-hydrogen) atoms.